The van der Waals surface area contributed by atoms with Crippen LogP contribution in [-0.4, -0.2) is 92.9 Å². The Morgan fingerprint density at radius 3 is 2.23 bits per heavy atom. The summed E-state index contributed by atoms with van der Waals surface area (Å²) in [5.41, 5.74) is 0. The smallest absolute Gasteiger partial charge is 0.390 e. The number of aliphatic hydroxyl groups is 4. The average Bonchev–Trinajstić information content (AvgIpc) is 2.46. The number of rotatable bonds is 8. The molecule has 11 heteroatoms. The first-order valence-electron chi connectivity index (χ1n) is 6.38. The van der Waals surface area contributed by atoms with Crippen molar-refractivity contribution in [1.82, 2.24) is 0 Å². The monoisotopic (exact) mass is 345 g/mol. The molecule has 1 aliphatic rings. The minimum atomic E-state index is -4.53. The fraction of sp³-hybridized carbons (Fsp3) is 0.909. The van der Waals surface area contributed by atoms with Crippen LogP contribution in [0.3, 0.4) is 0 Å². The van der Waals surface area contributed by atoms with E-state index in [-0.39, 0.29) is 13.2 Å². The summed E-state index contributed by atoms with van der Waals surface area (Å²) in [5, 5.41) is 37.9. The van der Waals surface area contributed by atoms with Gasteiger partial charge in [-0.25, -0.2) is 8.37 Å². The molecule has 4 N–H and O–H groups in total. The summed E-state index contributed by atoms with van der Waals surface area (Å²) in [5.74, 6) is 0. The second kappa shape index (κ2) is 8.47. The van der Waals surface area contributed by atoms with Crippen molar-refractivity contribution in [2.75, 3.05) is 27.4 Å². The molecule has 0 aromatic heterocycles. The second-order valence-corrected chi connectivity index (χ2v) is 5.97. The predicted octanol–water partition coefficient (Wildman–Crippen LogP) is -3.04. The number of hydrogen-bond donors (Lipinski definition) is 4. The predicted molar refractivity (Wildman–Crippen MR) is 70.7 cm³/mol. The molecular formula is C11H21O10S. The van der Waals surface area contributed by atoms with Crippen molar-refractivity contribution in [2.45, 2.75) is 36.6 Å². The molecule has 1 saturated carbocycles. The maximum atomic E-state index is 11.7. The van der Waals surface area contributed by atoms with E-state index >= 15 is 0 Å². The molecule has 0 aromatic rings. The summed E-state index contributed by atoms with van der Waals surface area (Å²) < 4.78 is 42.2. The Morgan fingerprint density at radius 1 is 1.05 bits per heavy atom. The van der Waals surface area contributed by atoms with Gasteiger partial charge in [-0.1, -0.05) is 0 Å². The van der Waals surface area contributed by atoms with Gasteiger partial charge in [-0.05, 0) is 0 Å². The Bertz CT molecular complexity index is 427. The quantitative estimate of drug-likeness (QED) is 0.357. The van der Waals surface area contributed by atoms with Gasteiger partial charge in [0.1, 0.15) is 30.5 Å². The molecule has 22 heavy (non-hydrogen) atoms. The van der Waals surface area contributed by atoms with E-state index in [1.165, 1.54) is 14.2 Å². The third-order valence-corrected chi connectivity index (χ3v) is 3.97. The van der Waals surface area contributed by atoms with E-state index < -0.39 is 47.0 Å². The van der Waals surface area contributed by atoms with E-state index in [1.54, 1.807) is 0 Å². The molecule has 0 aliphatic heterocycles. The lowest BCUT2D eigenvalue weighted by molar-refractivity contribution is -0.148. The van der Waals surface area contributed by atoms with E-state index in [0.717, 1.165) is 6.42 Å². The van der Waals surface area contributed by atoms with Crippen molar-refractivity contribution < 1.29 is 46.7 Å². The van der Waals surface area contributed by atoms with Crippen LogP contribution in [-0.2, 0) is 28.2 Å². The summed E-state index contributed by atoms with van der Waals surface area (Å²) in [7, 11) is -1.79. The maximum Gasteiger partial charge on any atom is 0.400 e. The van der Waals surface area contributed by atoms with Gasteiger partial charge in [-0.3, -0.25) is 0 Å². The van der Waals surface area contributed by atoms with E-state index in [2.05, 4.69) is 8.37 Å². The number of hydrogen-bond acceptors (Lipinski definition) is 10. The zero-order valence-electron chi connectivity index (χ0n) is 12.1. The van der Waals surface area contributed by atoms with Crippen LogP contribution in [0.2, 0.25) is 0 Å². The largest absolute Gasteiger partial charge is 0.400 e. The standard InChI is InChI=1S/C11H21O10S/c1-18-4-6(19-2)5-20-22(16,17)21-8-3-7(12)9(13)11(15)10(8)14/h3,6-15H,4-5H2,1-2H3. The Balaban J connectivity index is 2.60. The average molecular weight is 345 g/mol. The number of aliphatic hydroxyl groups excluding tert-OH is 4. The van der Waals surface area contributed by atoms with E-state index in [9.17, 15) is 28.8 Å². The molecule has 10 nitrogen and oxygen atoms in total. The summed E-state index contributed by atoms with van der Waals surface area (Å²) in [4.78, 5) is 0. The van der Waals surface area contributed by atoms with Gasteiger partial charge in [-0.15, -0.1) is 0 Å². The third kappa shape index (κ3) is 5.37. The molecule has 0 aromatic carbocycles. The molecule has 0 amide bonds. The lowest BCUT2D eigenvalue weighted by Crippen LogP contribution is -2.57. The Hall–Kier alpha value is -0.370. The molecule has 1 aliphatic carbocycles. The van der Waals surface area contributed by atoms with Crippen molar-refractivity contribution in [3.05, 3.63) is 6.42 Å². The number of ether oxygens (including phenoxy) is 2. The second-order valence-electron chi connectivity index (χ2n) is 4.72. The van der Waals surface area contributed by atoms with Crippen LogP contribution in [0.4, 0.5) is 0 Å². The molecule has 0 heterocycles. The van der Waals surface area contributed by atoms with Crippen LogP contribution in [0.1, 0.15) is 0 Å². The fourth-order valence-corrected chi connectivity index (χ4v) is 2.63. The van der Waals surface area contributed by atoms with Crippen molar-refractivity contribution in [3.63, 3.8) is 0 Å². The summed E-state index contributed by atoms with van der Waals surface area (Å²) in [6, 6.07) is 0. The van der Waals surface area contributed by atoms with Crippen LogP contribution in [0, 0.1) is 6.42 Å². The molecule has 1 rings (SSSR count). The number of methoxy groups -OCH3 is 2. The molecular weight excluding hydrogens is 324 g/mol. The van der Waals surface area contributed by atoms with Crippen LogP contribution in [0.5, 0.6) is 0 Å². The molecule has 6 atom stereocenters. The van der Waals surface area contributed by atoms with Crippen LogP contribution in [0.15, 0.2) is 0 Å². The minimum Gasteiger partial charge on any atom is -0.390 e. The molecule has 6 unspecified atom stereocenters. The highest BCUT2D eigenvalue weighted by molar-refractivity contribution is 7.81. The Kier molecular flexibility index (Phi) is 7.58. The SMILES string of the molecule is COCC(COS(=O)(=O)OC1[CH]C(O)C(O)C(O)C1O)OC. The highest BCUT2D eigenvalue weighted by Gasteiger charge is 2.45. The van der Waals surface area contributed by atoms with Gasteiger partial charge in [0.2, 0.25) is 0 Å². The zero-order valence-corrected chi connectivity index (χ0v) is 12.9. The summed E-state index contributed by atoms with van der Waals surface area (Å²) >= 11 is 0. The first kappa shape index (κ1) is 19.7. The minimum absolute atomic E-state index is 0.0911. The van der Waals surface area contributed by atoms with Gasteiger partial charge in [0.15, 0.2) is 0 Å². The zero-order chi connectivity index (χ0) is 16.9. The van der Waals surface area contributed by atoms with Crippen molar-refractivity contribution in [3.8, 4) is 0 Å². The lowest BCUT2D eigenvalue weighted by Gasteiger charge is -2.36. The Labute approximate surface area is 128 Å². The van der Waals surface area contributed by atoms with Crippen molar-refractivity contribution >= 4 is 10.4 Å². The molecule has 0 spiro atoms. The first-order chi connectivity index (χ1) is 10.2. The van der Waals surface area contributed by atoms with Gasteiger partial charge < -0.3 is 29.9 Å². The molecule has 0 saturated heterocycles. The van der Waals surface area contributed by atoms with Gasteiger partial charge >= 0.3 is 10.4 Å². The topological polar surface area (TPSA) is 152 Å². The van der Waals surface area contributed by atoms with Gasteiger partial charge in [0.05, 0.1) is 19.3 Å². The van der Waals surface area contributed by atoms with E-state index in [1.807, 2.05) is 0 Å². The molecule has 0 bridgehead atoms. The first-order valence-corrected chi connectivity index (χ1v) is 7.71. The lowest BCUT2D eigenvalue weighted by atomic mass is 9.87. The fourth-order valence-electron chi connectivity index (χ4n) is 1.80. The maximum absolute atomic E-state index is 11.7. The van der Waals surface area contributed by atoms with Gasteiger partial charge in [0, 0.05) is 20.6 Å². The van der Waals surface area contributed by atoms with Gasteiger partial charge in [-0.2, -0.15) is 8.42 Å². The van der Waals surface area contributed by atoms with Crippen molar-refractivity contribution in [2.24, 2.45) is 0 Å². The van der Waals surface area contributed by atoms with Crippen LogP contribution in [0.25, 0.3) is 0 Å². The highest BCUT2D eigenvalue weighted by Crippen LogP contribution is 2.24. The highest BCUT2D eigenvalue weighted by atomic mass is 32.3. The molecule has 131 valence electrons. The van der Waals surface area contributed by atoms with Crippen LogP contribution >= 0.6 is 0 Å². The van der Waals surface area contributed by atoms with E-state index in [0.29, 0.717) is 0 Å². The molecule has 1 fully saturated rings. The summed E-state index contributed by atoms with van der Waals surface area (Å²) in [6.45, 7) is -0.295. The van der Waals surface area contributed by atoms with Gasteiger partial charge in [0.25, 0.3) is 0 Å². The van der Waals surface area contributed by atoms with E-state index in [4.69, 9.17) is 9.47 Å². The summed E-state index contributed by atoms with van der Waals surface area (Å²) in [6.07, 6.45) is -8.07. The van der Waals surface area contributed by atoms with Crippen molar-refractivity contribution in [1.29, 1.82) is 0 Å². The normalized spacial score (nSPS) is 34.5. The Morgan fingerprint density at radius 2 is 1.68 bits per heavy atom. The van der Waals surface area contributed by atoms with Crippen LogP contribution < -0.4 is 0 Å². The third-order valence-electron chi connectivity index (χ3n) is 3.09. The molecule has 1 radical (unpaired) electrons.